The van der Waals surface area contributed by atoms with E-state index in [0.29, 0.717) is 22.6 Å². The van der Waals surface area contributed by atoms with Crippen molar-refractivity contribution in [3.8, 4) is 11.5 Å². The van der Waals surface area contributed by atoms with E-state index in [-0.39, 0.29) is 5.82 Å². The van der Waals surface area contributed by atoms with Gasteiger partial charge in [-0.3, -0.25) is 0 Å². The fourth-order valence-corrected chi connectivity index (χ4v) is 2.48. The second-order valence-electron chi connectivity index (χ2n) is 4.16. The number of halogens is 3. The second kappa shape index (κ2) is 7.09. The third kappa shape index (κ3) is 3.73. The molecule has 5 heteroatoms. The number of hydrogen-bond acceptors (Lipinski definition) is 2. The molecule has 0 aromatic heterocycles. The monoisotopic (exact) mass is 402 g/mol. The molecule has 2 nitrogen and oxygen atoms in total. The van der Waals surface area contributed by atoms with Gasteiger partial charge in [-0.1, -0.05) is 28.1 Å². The Morgan fingerprint density at radius 1 is 1.05 bits per heavy atom. The summed E-state index contributed by atoms with van der Waals surface area (Å²) >= 11 is 6.56. The molecule has 0 bridgehead atoms. The van der Waals surface area contributed by atoms with Gasteiger partial charge < -0.3 is 9.47 Å². The van der Waals surface area contributed by atoms with Gasteiger partial charge in [0.2, 0.25) is 0 Å². The van der Waals surface area contributed by atoms with Crippen LogP contribution in [0, 0.1) is 5.82 Å². The minimum Gasteiger partial charge on any atom is -0.493 e. The lowest BCUT2D eigenvalue weighted by atomic mass is 10.2. The van der Waals surface area contributed by atoms with Gasteiger partial charge in [0.05, 0.1) is 11.6 Å². The molecule has 0 fully saturated rings. The maximum Gasteiger partial charge on any atom is 0.161 e. The van der Waals surface area contributed by atoms with E-state index in [0.717, 1.165) is 16.5 Å². The average molecular weight is 404 g/mol. The van der Waals surface area contributed by atoms with Gasteiger partial charge in [0.15, 0.2) is 11.5 Å². The average Bonchev–Trinajstić information content (AvgIpc) is 2.48. The summed E-state index contributed by atoms with van der Waals surface area (Å²) < 4.78 is 24.6. The van der Waals surface area contributed by atoms with E-state index in [9.17, 15) is 4.39 Å². The van der Waals surface area contributed by atoms with E-state index in [2.05, 4.69) is 31.9 Å². The molecule has 0 N–H and O–H groups in total. The van der Waals surface area contributed by atoms with Crippen LogP contribution in [0.4, 0.5) is 4.39 Å². The van der Waals surface area contributed by atoms with Crippen molar-refractivity contribution in [3.63, 3.8) is 0 Å². The third-order valence-electron chi connectivity index (χ3n) is 2.76. The summed E-state index contributed by atoms with van der Waals surface area (Å²) in [5, 5.41) is 0.758. The molecular formula is C15H13Br2FO2. The molecular weight excluding hydrogens is 391 g/mol. The SMILES string of the molecule is COc1cc(CBr)ccc1OCc1ccc(F)c(Br)c1. The van der Waals surface area contributed by atoms with E-state index in [1.807, 2.05) is 18.2 Å². The molecule has 0 amide bonds. The van der Waals surface area contributed by atoms with E-state index in [4.69, 9.17) is 9.47 Å². The van der Waals surface area contributed by atoms with Crippen molar-refractivity contribution in [1.82, 2.24) is 0 Å². The molecule has 2 aromatic rings. The number of rotatable bonds is 5. The second-order valence-corrected chi connectivity index (χ2v) is 5.57. The lowest BCUT2D eigenvalue weighted by molar-refractivity contribution is 0.284. The lowest BCUT2D eigenvalue weighted by Crippen LogP contribution is -1.98. The minimum absolute atomic E-state index is 0.284. The van der Waals surface area contributed by atoms with Crippen LogP contribution in [0.3, 0.4) is 0 Å². The molecule has 0 aliphatic carbocycles. The number of ether oxygens (including phenoxy) is 2. The van der Waals surface area contributed by atoms with Crippen LogP contribution in [0.1, 0.15) is 11.1 Å². The molecule has 0 aliphatic rings. The highest BCUT2D eigenvalue weighted by Crippen LogP contribution is 2.29. The van der Waals surface area contributed by atoms with E-state index in [1.54, 1.807) is 19.2 Å². The lowest BCUT2D eigenvalue weighted by Gasteiger charge is -2.12. The zero-order valence-electron chi connectivity index (χ0n) is 10.8. The Balaban J connectivity index is 2.12. The maximum absolute atomic E-state index is 13.2. The molecule has 2 aromatic carbocycles. The smallest absolute Gasteiger partial charge is 0.161 e. The summed E-state index contributed by atoms with van der Waals surface area (Å²) in [4.78, 5) is 0. The highest BCUT2D eigenvalue weighted by atomic mass is 79.9. The Hall–Kier alpha value is -1.07. The van der Waals surface area contributed by atoms with Crippen LogP contribution >= 0.6 is 31.9 Å². The van der Waals surface area contributed by atoms with Gasteiger partial charge >= 0.3 is 0 Å². The standard InChI is InChI=1S/C15H13Br2FO2/c1-19-15-7-10(8-16)3-5-14(15)20-9-11-2-4-13(18)12(17)6-11/h2-7H,8-9H2,1H3. The highest BCUT2D eigenvalue weighted by Gasteiger charge is 2.07. The van der Waals surface area contributed by atoms with Crippen molar-refractivity contribution in [1.29, 1.82) is 0 Å². The van der Waals surface area contributed by atoms with E-state index in [1.165, 1.54) is 6.07 Å². The topological polar surface area (TPSA) is 18.5 Å². The zero-order chi connectivity index (χ0) is 14.5. The summed E-state index contributed by atoms with van der Waals surface area (Å²) in [6, 6.07) is 10.6. The van der Waals surface area contributed by atoms with Gasteiger partial charge in [0.1, 0.15) is 12.4 Å². The normalized spacial score (nSPS) is 10.4. The minimum atomic E-state index is -0.284. The number of methoxy groups -OCH3 is 1. The molecule has 0 atom stereocenters. The van der Waals surface area contributed by atoms with Crippen molar-refractivity contribution in [2.45, 2.75) is 11.9 Å². The van der Waals surface area contributed by atoms with Crippen molar-refractivity contribution in [3.05, 3.63) is 57.8 Å². The zero-order valence-corrected chi connectivity index (χ0v) is 14.0. The van der Waals surface area contributed by atoms with Crippen LogP contribution in [0.15, 0.2) is 40.9 Å². The van der Waals surface area contributed by atoms with Crippen LogP contribution in [0.25, 0.3) is 0 Å². The van der Waals surface area contributed by atoms with Gasteiger partial charge in [0, 0.05) is 5.33 Å². The van der Waals surface area contributed by atoms with Crippen LogP contribution in [-0.2, 0) is 11.9 Å². The summed E-state index contributed by atoms with van der Waals surface area (Å²) in [6.45, 7) is 0.350. The highest BCUT2D eigenvalue weighted by molar-refractivity contribution is 9.10. The van der Waals surface area contributed by atoms with Crippen molar-refractivity contribution >= 4 is 31.9 Å². The Morgan fingerprint density at radius 3 is 2.45 bits per heavy atom. The molecule has 0 heterocycles. The Labute approximate surface area is 134 Å². The maximum atomic E-state index is 13.2. The van der Waals surface area contributed by atoms with Crippen LogP contribution in [0.2, 0.25) is 0 Å². The van der Waals surface area contributed by atoms with Gasteiger partial charge in [-0.05, 0) is 51.3 Å². The Kier molecular flexibility index (Phi) is 5.43. The molecule has 0 saturated carbocycles. The van der Waals surface area contributed by atoms with Crippen molar-refractivity contribution in [2.24, 2.45) is 0 Å². The molecule has 20 heavy (non-hydrogen) atoms. The first-order chi connectivity index (χ1) is 9.63. The summed E-state index contributed by atoms with van der Waals surface area (Å²) in [7, 11) is 1.61. The fourth-order valence-electron chi connectivity index (χ4n) is 1.70. The molecule has 0 aliphatic heterocycles. The first kappa shape index (κ1) is 15.3. The van der Waals surface area contributed by atoms with Gasteiger partial charge in [0.25, 0.3) is 0 Å². The largest absolute Gasteiger partial charge is 0.493 e. The third-order valence-corrected chi connectivity index (χ3v) is 4.02. The first-order valence-corrected chi connectivity index (χ1v) is 7.85. The van der Waals surface area contributed by atoms with Crippen LogP contribution in [0.5, 0.6) is 11.5 Å². The van der Waals surface area contributed by atoms with Gasteiger partial charge in [-0.25, -0.2) is 4.39 Å². The summed E-state index contributed by atoms with van der Waals surface area (Å²) in [5.41, 5.74) is 1.99. The molecule has 0 unspecified atom stereocenters. The summed E-state index contributed by atoms with van der Waals surface area (Å²) in [6.07, 6.45) is 0. The van der Waals surface area contributed by atoms with Crippen molar-refractivity contribution < 1.29 is 13.9 Å². The van der Waals surface area contributed by atoms with Gasteiger partial charge in [-0.15, -0.1) is 0 Å². The van der Waals surface area contributed by atoms with Crippen LogP contribution in [-0.4, -0.2) is 7.11 Å². The number of alkyl halides is 1. The predicted octanol–water partition coefficient (Wildman–Crippen LogP) is 5.07. The van der Waals surface area contributed by atoms with Crippen LogP contribution < -0.4 is 9.47 Å². The Bertz CT molecular complexity index is 602. The van der Waals surface area contributed by atoms with Gasteiger partial charge in [-0.2, -0.15) is 0 Å². The molecule has 0 radical (unpaired) electrons. The first-order valence-electron chi connectivity index (χ1n) is 5.93. The molecule has 0 spiro atoms. The molecule has 0 saturated heterocycles. The fraction of sp³-hybridized carbons (Fsp3) is 0.200. The van der Waals surface area contributed by atoms with Crippen molar-refractivity contribution in [2.75, 3.05) is 7.11 Å². The summed E-state index contributed by atoms with van der Waals surface area (Å²) in [5.74, 6) is 1.06. The predicted molar refractivity (Wildman–Crippen MR) is 84.1 cm³/mol. The molecule has 2 rings (SSSR count). The molecule has 106 valence electrons. The van der Waals surface area contributed by atoms with E-state index >= 15 is 0 Å². The quantitative estimate of drug-likeness (QED) is 0.648. The Morgan fingerprint density at radius 2 is 1.80 bits per heavy atom. The number of benzene rings is 2. The number of hydrogen-bond donors (Lipinski definition) is 0. The van der Waals surface area contributed by atoms with E-state index < -0.39 is 0 Å².